The third-order valence-electron chi connectivity index (χ3n) is 3.35. The van der Waals surface area contributed by atoms with Gasteiger partial charge in [-0.15, -0.1) is 0 Å². The number of hydrogen-bond donors (Lipinski definition) is 1. The number of carbonyl (C=O) groups is 1. The Kier molecular flexibility index (Phi) is 4.43. The van der Waals surface area contributed by atoms with Gasteiger partial charge < -0.3 is 15.2 Å². The normalized spacial score (nSPS) is 16.0. The average Bonchev–Trinajstić information content (AvgIpc) is 2.62. The van der Waals surface area contributed by atoms with Crippen molar-refractivity contribution in [2.75, 3.05) is 13.2 Å². The molecule has 1 aromatic rings. The summed E-state index contributed by atoms with van der Waals surface area (Å²) in [5.74, 6) is 1.71. The fraction of sp³-hybridized carbons (Fsp3) is 0.533. The molecule has 2 N–H and O–H groups in total. The van der Waals surface area contributed by atoms with Gasteiger partial charge in [-0.2, -0.15) is 0 Å². The molecule has 4 heteroatoms. The molecule has 0 aliphatic carbocycles. The van der Waals surface area contributed by atoms with Crippen LogP contribution in [0.5, 0.6) is 11.5 Å². The van der Waals surface area contributed by atoms with Crippen molar-refractivity contribution in [2.45, 2.75) is 32.7 Å². The number of nitrogens with two attached hydrogens (primary N) is 1. The molecule has 1 unspecified atom stereocenters. The summed E-state index contributed by atoms with van der Waals surface area (Å²) in [6.45, 7) is 5.31. The highest BCUT2D eigenvalue weighted by atomic mass is 16.5. The summed E-state index contributed by atoms with van der Waals surface area (Å²) in [6, 6.07) is 5.23. The third kappa shape index (κ3) is 3.47. The molecule has 0 saturated heterocycles. The molecule has 1 aliphatic heterocycles. The fourth-order valence-corrected chi connectivity index (χ4v) is 1.90. The molecular weight excluding hydrogens is 242 g/mol. The number of carbonyl (C=O) groups excluding carboxylic acids is 1. The van der Waals surface area contributed by atoms with Gasteiger partial charge in [0.05, 0.1) is 13.2 Å². The lowest BCUT2D eigenvalue weighted by atomic mass is 9.96. The minimum absolute atomic E-state index is 0.0526. The summed E-state index contributed by atoms with van der Waals surface area (Å²) in [5.41, 5.74) is 6.58. The molecule has 4 nitrogen and oxygen atoms in total. The number of hydrogen-bond acceptors (Lipinski definition) is 4. The Morgan fingerprint density at radius 1 is 1.26 bits per heavy atom. The van der Waals surface area contributed by atoms with Crippen molar-refractivity contribution in [2.24, 2.45) is 11.7 Å². The van der Waals surface area contributed by atoms with E-state index in [0.29, 0.717) is 42.6 Å². The van der Waals surface area contributed by atoms with Crippen LogP contribution >= 0.6 is 0 Å². The zero-order valence-corrected chi connectivity index (χ0v) is 11.5. The van der Waals surface area contributed by atoms with Crippen LogP contribution in [0.3, 0.4) is 0 Å². The smallest absolute Gasteiger partial charge is 0.164 e. The van der Waals surface area contributed by atoms with Crippen LogP contribution in [0.1, 0.15) is 37.0 Å². The van der Waals surface area contributed by atoms with Gasteiger partial charge in [-0.05, 0) is 24.1 Å². The lowest BCUT2D eigenvalue weighted by molar-refractivity contribution is 0.0967. The second kappa shape index (κ2) is 6.06. The first-order chi connectivity index (χ1) is 9.08. The van der Waals surface area contributed by atoms with Crippen molar-refractivity contribution < 1.29 is 14.3 Å². The van der Waals surface area contributed by atoms with E-state index in [2.05, 4.69) is 0 Å². The summed E-state index contributed by atoms with van der Waals surface area (Å²) in [5, 5.41) is 0. The predicted molar refractivity (Wildman–Crippen MR) is 73.8 cm³/mol. The Morgan fingerprint density at radius 2 is 1.95 bits per heavy atom. The van der Waals surface area contributed by atoms with Gasteiger partial charge in [-0.1, -0.05) is 13.8 Å². The van der Waals surface area contributed by atoms with Gasteiger partial charge in [0.2, 0.25) is 0 Å². The van der Waals surface area contributed by atoms with Crippen molar-refractivity contribution in [3.8, 4) is 11.5 Å². The van der Waals surface area contributed by atoms with Crippen LogP contribution in [0, 0.1) is 5.92 Å². The maximum Gasteiger partial charge on any atom is 0.164 e. The van der Waals surface area contributed by atoms with Crippen LogP contribution in [0.25, 0.3) is 0 Å². The maximum atomic E-state index is 12.2. The zero-order valence-electron chi connectivity index (χ0n) is 11.5. The summed E-state index contributed by atoms with van der Waals surface area (Å²) >= 11 is 0. The quantitative estimate of drug-likeness (QED) is 0.847. The molecule has 0 amide bonds. The summed E-state index contributed by atoms with van der Waals surface area (Å²) in [7, 11) is 0. The average molecular weight is 263 g/mol. The molecule has 0 saturated carbocycles. The number of fused-ring (bicyclic) bond motifs is 1. The van der Waals surface area contributed by atoms with Crippen LogP contribution in [-0.2, 0) is 0 Å². The Labute approximate surface area is 113 Å². The molecule has 1 heterocycles. The van der Waals surface area contributed by atoms with Crippen molar-refractivity contribution in [3.63, 3.8) is 0 Å². The molecule has 1 aliphatic rings. The lowest BCUT2D eigenvalue weighted by Gasteiger charge is -2.15. The van der Waals surface area contributed by atoms with Gasteiger partial charge in [-0.3, -0.25) is 4.79 Å². The molecule has 1 atom stereocenters. The minimum atomic E-state index is -0.108. The highest BCUT2D eigenvalue weighted by Gasteiger charge is 2.17. The van der Waals surface area contributed by atoms with Crippen LogP contribution in [-0.4, -0.2) is 25.0 Å². The van der Waals surface area contributed by atoms with Gasteiger partial charge in [-0.25, -0.2) is 0 Å². The highest BCUT2D eigenvalue weighted by molar-refractivity contribution is 5.97. The van der Waals surface area contributed by atoms with Crippen LogP contribution in [0.2, 0.25) is 0 Å². The molecule has 0 radical (unpaired) electrons. The van der Waals surface area contributed by atoms with Crippen molar-refractivity contribution in [1.82, 2.24) is 0 Å². The summed E-state index contributed by atoms with van der Waals surface area (Å²) in [6.07, 6.45) is 1.22. The van der Waals surface area contributed by atoms with Crippen LogP contribution in [0.15, 0.2) is 18.2 Å². The van der Waals surface area contributed by atoms with Crippen molar-refractivity contribution in [3.05, 3.63) is 23.8 Å². The van der Waals surface area contributed by atoms with E-state index in [1.54, 1.807) is 18.2 Å². The summed E-state index contributed by atoms with van der Waals surface area (Å²) < 4.78 is 11.1. The van der Waals surface area contributed by atoms with E-state index >= 15 is 0 Å². The van der Waals surface area contributed by atoms with Gasteiger partial charge >= 0.3 is 0 Å². The van der Waals surface area contributed by atoms with Crippen LogP contribution < -0.4 is 15.2 Å². The number of ketones is 1. The number of rotatable bonds is 4. The zero-order chi connectivity index (χ0) is 13.8. The molecule has 1 aromatic carbocycles. The lowest BCUT2D eigenvalue weighted by Crippen LogP contribution is -2.29. The predicted octanol–water partition coefficient (Wildman–Crippen LogP) is 2.40. The van der Waals surface area contributed by atoms with Crippen molar-refractivity contribution >= 4 is 5.78 Å². The largest absolute Gasteiger partial charge is 0.490 e. The van der Waals surface area contributed by atoms with Crippen molar-refractivity contribution in [1.29, 1.82) is 0 Å². The topological polar surface area (TPSA) is 61.6 Å². The van der Waals surface area contributed by atoms with Gasteiger partial charge in [0.25, 0.3) is 0 Å². The SMILES string of the molecule is CC(C)C(N)CC(=O)c1ccc2c(c1)OCCCO2. The number of ether oxygens (including phenoxy) is 2. The van der Waals surface area contributed by atoms with E-state index in [1.807, 2.05) is 13.8 Å². The van der Waals surface area contributed by atoms with E-state index in [9.17, 15) is 4.79 Å². The second-order valence-electron chi connectivity index (χ2n) is 5.25. The Bertz CT molecular complexity index is 457. The van der Waals surface area contributed by atoms with E-state index in [-0.39, 0.29) is 11.8 Å². The third-order valence-corrected chi connectivity index (χ3v) is 3.35. The molecule has 0 fully saturated rings. The maximum absolute atomic E-state index is 12.2. The van der Waals surface area contributed by atoms with E-state index in [0.717, 1.165) is 6.42 Å². The first-order valence-electron chi connectivity index (χ1n) is 6.76. The number of Topliss-reactive ketones (excluding diaryl/α,β-unsaturated/α-hetero) is 1. The Hall–Kier alpha value is -1.55. The fourth-order valence-electron chi connectivity index (χ4n) is 1.90. The molecule has 104 valence electrons. The Morgan fingerprint density at radius 3 is 2.63 bits per heavy atom. The molecule has 0 spiro atoms. The molecule has 19 heavy (non-hydrogen) atoms. The van der Waals surface area contributed by atoms with Gasteiger partial charge in [0.15, 0.2) is 17.3 Å². The van der Waals surface area contributed by atoms with Crippen LogP contribution in [0.4, 0.5) is 0 Å². The first kappa shape index (κ1) is 13.9. The number of benzene rings is 1. The van der Waals surface area contributed by atoms with E-state index in [1.165, 1.54) is 0 Å². The van der Waals surface area contributed by atoms with E-state index in [4.69, 9.17) is 15.2 Å². The second-order valence-corrected chi connectivity index (χ2v) is 5.25. The molecule has 2 rings (SSSR count). The minimum Gasteiger partial charge on any atom is -0.490 e. The first-order valence-corrected chi connectivity index (χ1v) is 6.76. The standard InChI is InChI=1S/C15H21NO3/c1-10(2)12(16)9-13(17)11-4-5-14-15(8-11)19-7-3-6-18-14/h4-5,8,10,12H,3,6-7,9,16H2,1-2H3. The van der Waals surface area contributed by atoms with Gasteiger partial charge in [0, 0.05) is 24.4 Å². The van der Waals surface area contributed by atoms with E-state index < -0.39 is 0 Å². The molecule has 0 aromatic heterocycles. The summed E-state index contributed by atoms with van der Waals surface area (Å²) in [4.78, 5) is 12.2. The molecule has 0 bridgehead atoms. The van der Waals surface area contributed by atoms with Gasteiger partial charge in [0.1, 0.15) is 0 Å². The highest BCUT2D eigenvalue weighted by Crippen LogP contribution is 2.30. The monoisotopic (exact) mass is 263 g/mol. The molecular formula is C15H21NO3. The Balaban J connectivity index is 2.12.